The van der Waals surface area contributed by atoms with E-state index in [-0.39, 0.29) is 35.6 Å². The van der Waals surface area contributed by atoms with Gasteiger partial charge in [0.2, 0.25) is 11.8 Å². The number of amides is 2. The Morgan fingerprint density at radius 1 is 0.809 bits per heavy atom. The van der Waals surface area contributed by atoms with Crippen molar-refractivity contribution in [2.24, 2.45) is 0 Å². The average Bonchev–Trinajstić information content (AvgIpc) is 3.08. The van der Waals surface area contributed by atoms with Crippen LogP contribution in [0.1, 0.15) is 37.0 Å². The molecular weight excluding hydrogens is 614 g/mol. The minimum Gasteiger partial charge on any atom is -0.493 e. The third-order valence-electron chi connectivity index (χ3n) is 7.97. The molecule has 4 aromatic carbocycles. The van der Waals surface area contributed by atoms with Crippen LogP contribution in [-0.4, -0.2) is 58.0 Å². The van der Waals surface area contributed by atoms with Crippen LogP contribution in [0.25, 0.3) is 0 Å². The topological polar surface area (TPSA) is 105 Å². The molecule has 47 heavy (non-hydrogen) atoms. The van der Waals surface area contributed by atoms with Gasteiger partial charge in [-0.25, -0.2) is 8.42 Å². The molecule has 0 fully saturated rings. The summed E-state index contributed by atoms with van der Waals surface area (Å²) in [4.78, 5) is 30.0. The molecule has 1 N–H and O–H groups in total. The van der Waals surface area contributed by atoms with E-state index in [2.05, 4.69) is 5.32 Å². The van der Waals surface area contributed by atoms with Gasteiger partial charge in [-0.05, 0) is 55.7 Å². The standard InChI is InChI=1S/C37H43N3O6S/c1-6-28(3)38-37(42)33(23-29-15-9-7-10-16-29)39(25-30-17-13-14-27(2)22-30)36(41)26-40(31-18-11-8-12-19-31)47(43,44)32-20-21-34(45-4)35(24-32)46-5/h7-22,24,28,33H,6,23,25-26H2,1-5H3,(H,38,42)/t28-,33+/m1/s1. The second-order valence-electron chi connectivity index (χ2n) is 11.4. The Morgan fingerprint density at radius 3 is 2.06 bits per heavy atom. The summed E-state index contributed by atoms with van der Waals surface area (Å²) in [6.07, 6.45) is 0.954. The van der Waals surface area contributed by atoms with Gasteiger partial charge in [0.15, 0.2) is 11.5 Å². The van der Waals surface area contributed by atoms with E-state index >= 15 is 0 Å². The number of anilines is 1. The lowest BCUT2D eigenvalue weighted by molar-refractivity contribution is -0.140. The van der Waals surface area contributed by atoms with Crippen LogP contribution in [-0.2, 0) is 32.6 Å². The fourth-order valence-corrected chi connectivity index (χ4v) is 6.66. The van der Waals surface area contributed by atoms with E-state index in [1.807, 2.05) is 75.4 Å². The van der Waals surface area contributed by atoms with Crippen LogP contribution < -0.4 is 19.1 Å². The van der Waals surface area contributed by atoms with Crippen molar-refractivity contribution >= 4 is 27.5 Å². The maximum Gasteiger partial charge on any atom is 0.264 e. The first-order valence-electron chi connectivity index (χ1n) is 15.6. The van der Waals surface area contributed by atoms with Gasteiger partial charge in [0.1, 0.15) is 12.6 Å². The Morgan fingerprint density at radius 2 is 1.45 bits per heavy atom. The maximum atomic E-state index is 14.6. The van der Waals surface area contributed by atoms with Crippen molar-refractivity contribution in [2.75, 3.05) is 25.1 Å². The molecule has 0 unspecified atom stereocenters. The number of para-hydroxylation sites is 1. The Bertz CT molecular complexity index is 1750. The minimum atomic E-state index is -4.30. The molecule has 0 bridgehead atoms. The molecule has 0 saturated carbocycles. The lowest BCUT2D eigenvalue weighted by Crippen LogP contribution is -2.54. The van der Waals surface area contributed by atoms with Crippen LogP contribution in [0.3, 0.4) is 0 Å². The molecule has 0 radical (unpaired) electrons. The van der Waals surface area contributed by atoms with Crippen molar-refractivity contribution in [1.29, 1.82) is 0 Å². The van der Waals surface area contributed by atoms with Crippen molar-refractivity contribution in [3.63, 3.8) is 0 Å². The Kier molecular flexibility index (Phi) is 12.0. The highest BCUT2D eigenvalue weighted by Crippen LogP contribution is 2.32. The van der Waals surface area contributed by atoms with Gasteiger partial charge in [0.05, 0.1) is 24.8 Å². The molecule has 0 aliphatic heterocycles. The van der Waals surface area contributed by atoms with E-state index in [4.69, 9.17) is 9.47 Å². The number of benzene rings is 4. The smallest absolute Gasteiger partial charge is 0.264 e. The molecule has 0 aromatic heterocycles. The predicted octanol–water partition coefficient (Wildman–Crippen LogP) is 5.76. The van der Waals surface area contributed by atoms with E-state index in [1.54, 1.807) is 30.3 Å². The van der Waals surface area contributed by atoms with E-state index in [9.17, 15) is 18.0 Å². The van der Waals surface area contributed by atoms with Crippen LogP contribution >= 0.6 is 0 Å². The quantitative estimate of drug-likeness (QED) is 0.174. The average molecular weight is 658 g/mol. The number of nitrogens with one attached hydrogen (secondary N) is 1. The van der Waals surface area contributed by atoms with Crippen molar-refractivity contribution in [1.82, 2.24) is 10.2 Å². The Balaban J connectivity index is 1.81. The second kappa shape index (κ2) is 16.1. The molecule has 4 rings (SSSR count). The molecule has 248 valence electrons. The fraction of sp³-hybridized carbons (Fsp3) is 0.297. The SMILES string of the molecule is CC[C@@H](C)NC(=O)[C@H](Cc1ccccc1)N(Cc1cccc(C)c1)C(=O)CN(c1ccccc1)S(=O)(=O)c1ccc(OC)c(OC)c1. The van der Waals surface area contributed by atoms with Crippen LogP contribution in [0, 0.1) is 6.92 Å². The zero-order valence-electron chi connectivity index (χ0n) is 27.6. The van der Waals surface area contributed by atoms with Gasteiger partial charge in [-0.3, -0.25) is 13.9 Å². The largest absolute Gasteiger partial charge is 0.493 e. The number of hydrogen-bond acceptors (Lipinski definition) is 6. The molecule has 2 amide bonds. The molecule has 0 spiro atoms. The molecule has 10 heteroatoms. The number of ether oxygens (including phenoxy) is 2. The normalized spacial score (nSPS) is 12.4. The first-order valence-corrected chi connectivity index (χ1v) is 17.0. The van der Waals surface area contributed by atoms with Gasteiger partial charge >= 0.3 is 0 Å². The molecule has 0 aliphatic carbocycles. The zero-order chi connectivity index (χ0) is 34.0. The summed E-state index contributed by atoms with van der Waals surface area (Å²) in [7, 11) is -1.41. The molecule has 0 aliphatic rings. The van der Waals surface area contributed by atoms with Crippen LogP contribution in [0.2, 0.25) is 0 Å². The summed E-state index contributed by atoms with van der Waals surface area (Å²) >= 11 is 0. The zero-order valence-corrected chi connectivity index (χ0v) is 28.4. The number of rotatable bonds is 15. The van der Waals surface area contributed by atoms with Gasteiger partial charge in [-0.2, -0.15) is 0 Å². The summed E-state index contributed by atoms with van der Waals surface area (Å²) in [6.45, 7) is 5.40. The highest BCUT2D eigenvalue weighted by Gasteiger charge is 2.35. The van der Waals surface area contributed by atoms with Crippen LogP contribution in [0.4, 0.5) is 5.69 Å². The lowest BCUT2D eigenvalue weighted by atomic mass is 10.0. The number of hydrogen-bond donors (Lipinski definition) is 1. The minimum absolute atomic E-state index is 0.0765. The maximum absolute atomic E-state index is 14.6. The molecule has 0 heterocycles. The van der Waals surface area contributed by atoms with Crippen molar-refractivity contribution in [2.45, 2.75) is 57.1 Å². The third kappa shape index (κ3) is 8.92. The van der Waals surface area contributed by atoms with E-state index in [0.29, 0.717) is 17.9 Å². The number of methoxy groups -OCH3 is 2. The molecule has 9 nitrogen and oxygen atoms in total. The highest BCUT2D eigenvalue weighted by atomic mass is 32.2. The lowest BCUT2D eigenvalue weighted by Gasteiger charge is -2.34. The van der Waals surface area contributed by atoms with E-state index in [0.717, 1.165) is 21.0 Å². The number of carbonyl (C=O) groups is 2. The van der Waals surface area contributed by atoms with Crippen LogP contribution in [0.5, 0.6) is 11.5 Å². The van der Waals surface area contributed by atoms with Gasteiger partial charge in [0.25, 0.3) is 10.0 Å². The predicted molar refractivity (Wildman–Crippen MR) is 184 cm³/mol. The van der Waals surface area contributed by atoms with Gasteiger partial charge in [0, 0.05) is 25.1 Å². The molecule has 2 atom stereocenters. The van der Waals surface area contributed by atoms with Crippen molar-refractivity contribution in [3.8, 4) is 11.5 Å². The molecular formula is C37H43N3O6S. The van der Waals surface area contributed by atoms with Gasteiger partial charge in [-0.1, -0.05) is 85.3 Å². The van der Waals surface area contributed by atoms with Crippen molar-refractivity contribution < 1.29 is 27.5 Å². The Labute approximate surface area is 278 Å². The number of carbonyl (C=O) groups excluding carboxylic acids is 2. The number of sulfonamides is 1. The van der Waals surface area contributed by atoms with Gasteiger partial charge in [-0.15, -0.1) is 0 Å². The molecule has 4 aromatic rings. The first kappa shape index (κ1) is 35.0. The summed E-state index contributed by atoms with van der Waals surface area (Å²) < 4.78 is 40.4. The fourth-order valence-electron chi connectivity index (χ4n) is 5.23. The summed E-state index contributed by atoms with van der Waals surface area (Å²) in [5, 5.41) is 3.06. The van der Waals surface area contributed by atoms with E-state index in [1.165, 1.54) is 37.3 Å². The monoisotopic (exact) mass is 657 g/mol. The first-order chi connectivity index (χ1) is 22.6. The Hall–Kier alpha value is -4.83. The van der Waals surface area contributed by atoms with Crippen LogP contribution in [0.15, 0.2) is 108 Å². The highest BCUT2D eigenvalue weighted by molar-refractivity contribution is 7.92. The van der Waals surface area contributed by atoms with Crippen molar-refractivity contribution in [3.05, 3.63) is 120 Å². The summed E-state index contributed by atoms with van der Waals surface area (Å²) in [6, 6.07) is 28.9. The number of nitrogens with zero attached hydrogens (tertiary/aromatic N) is 2. The molecule has 0 saturated heterocycles. The number of aryl methyl sites for hydroxylation is 1. The van der Waals surface area contributed by atoms with Gasteiger partial charge < -0.3 is 19.7 Å². The summed E-state index contributed by atoms with van der Waals surface area (Å²) in [5.41, 5.74) is 2.99. The van der Waals surface area contributed by atoms with E-state index < -0.39 is 28.5 Å². The third-order valence-corrected chi connectivity index (χ3v) is 9.74. The summed E-state index contributed by atoms with van der Waals surface area (Å²) in [5.74, 6) is -0.231. The second-order valence-corrected chi connectivity index (χ2v) is 13.3.